The molecule has 0 bridgehead atoms. The average Bonchev–Trinajstić information content (AvgIpc) is 3.59. The van der Waals surface area contributed by atoms with Crippen molar-refractivity contribution in [3.8, 4) is 0 Å². The fourth-order valence-electron chi connectivity index (χ4n) is 6.26. The van der Waals surface area contributed by atoms with Crippen LogP contribution in [-0.2, 0) is 22.6 Å². The molecule has 2 aliphatic rings. The van der Waals surface area contributed by atoms with Gasteiger partial charge in [0, 0.05) is 45.0 Å². The van der Waals surface area contributed by atoms with Crippen molar-refractivity contribution in [1.82, 2.24) is 35.0 Å². The predicted molar refractivity (Wildman–Crippen MR) is 144 cm³/mol. The number of nitrogens with zero attached hydrogens (tertiary/aromatic N) is 5. The number of fused-ring (bicyclic) bond motifs is 1. The summed E-state index contributed by atoms with van der Waals surface area (Å²) in [5.74, 6) is -7.20. The molecule has 5 rings (SSSR count). The Morgan fingerprint density at radius 3 is 2.59 bits per heavy atom. The maximum absolute atomic E-state index is 14.0. The van der Waals surface area contributed by atoms with Gasteiger partial charge in [-0.1, -0.05) is 0 Å². The topological polar surface area (TPSA) is 144 Å². The lowest BCUT2D eigenvalue weighted by atomic mass is 9.71. The number of piperidine rings is 1. The first-order valence-corrected chi connectivity index (χ1v) is 14.3. The molecular weight excluding hydrogens is 593 g/mol. The van der Waals surface area contributed by atoms with Crippen LogP contribution in [0.4, 0.5) is 22.0 Å². The molecule has 1 saturated heterocycles. The van der Waals surface area contributed by atoms with Crippen molar-refractivity contribution in [3.05, 3.63) is 47.7 Å². The molecule has 3 atom stereocenters. The molecule has 11 nitrogen and oxygen atoms in total. The third kappa shape index (κ3) is 6.53. The van der Waals surface area contributed by atoms with Crippen LogP contribution in [0.5, 0.6) is 0 Å². The van der Waals surface area contributed by atoms with Gasteiger partial charge in [0.25, 0.3) is 5.91 Å². The molecule has 3 N–H and O–H groups in total. The molecular formula is C28H32F5N7O4. The number of nitrogens with one attached hydrogen (secondary N) is 2. The summed E-state index contributed by atoms with van der Waals surface area (Å²) in [6.45, 7) is 1.96. The van der Waals surface area contributed by atoms with Crippen LogP contribution in [0, 0.1) is 17.3 Å². The van der Waals surface area contributed by atoms with E-state index in [1.54, 1.807) is 6.07 Å². The number of carbonyl (C=O) groups excluding carboxylic acids is 2. The van der Waals surface area contributed by atoms with Gasteiger partial charge in [-0.05, 0) is 56.2 Å². The van der Waals surface area contributed by atoms with Crippen molar-refractivity contribution in [2.75, 3.05) is 6.54 Å². The highest BCUT2D eigenvalue weighted by Crippen LogP contribution is 2.42. The highest BCUT2D eigenvalue weighted by molar-refractivity contribution is 6.02. The van der Waals surface area contributed by atoms with Crippen LogP contribution in [0.3, 0.4) is 0 Å². The average molecular weight is 626 g/mol. The van der Waals surface area contributed by atoms with Crippen molar-refractivity contribution in [1.29, 1.82) is 0 Å². The molecule has 3 aromatic heterocycles. The van der Waals surface area contributed by atoms with Crippen LogP contribution in [0.25, 0.3) is 5.65 Å². The lowest BCUT2D eigenvalue weighted by Gasteiger charge is -2.36. The van der Waals surface area contributed by atoms with E-state index in [4.69, 9.17) is 0 Å². The molecule has 4 heterocycles. The van der Waals surface area contributed by atoms with E-state index in [9.17, 15) is 41.4 Å². The Morgan fingerprint density at radius 2 is 1.93 bits per heavy atom. The second kappa shape index (κ2) is 11.8. The highest BCUT2D eigenvalue weighted by Gasteiger charge is 2.52. The summed E-state index contributed by atoms with van der Waals surface area (Å²) in [5, 5.41) is 23.8. The van der Waals surface area contributed by atoms with Gasteiger partial charge >= 0.3 is 12.1 Å². The van der Waals surface area contributed by atoms with E-state index >= 15 is 0 Å². The zero-order valence-electron chi connectivity index (χ0n) is 23.8. The van der Waals surface area contributed by atoms with E-state index in [1.165, 1.54) is 33.7 Å². The minimum atomic E-state index is -4.53. The van der Waals surface area contributed by atoms with Crippen LogP contribution in [0.15, 0.2) is 30.6 Å². The summed E-state index contributed by atoms with van der Waals surface area (Å²) in [5.41, 5.74) is -1.11. The van der Waals surface area contributed by atoms with Crippen LogP contribution in [0.2, 0.25) is 0 Å². The van der Waals surface area contributed by atoms with Crippen molar-refractivity contribution in [3.63, 3.8) is 0 Å². The minimum Gasteiger partial charge on any atom is -0.480 e. The Balaban J connectivity index is 1.44. The first-order valence-electron chi connectivity index (χ1n) is 14.3. The molecule has 44 heavy (non-hydrogen) atoms. The predicted octanol–water partition coefficient (Wildman–Crippen LogP) is 3.94. The molecule has 0 radical (unpaired) electrons. The lowest BCUT2D eigenvalue weighted by Crippen LogP contribution is -2.55. The number of halogens is 5. The van der Waals surface area contributed by atoms with E-state index in [1.807, 2.05) is 6.92 Å². The van der Waals surface area contributed by atoms with Gasteiger partial charge < -0.3 is 15.7 Å². The minimum absolute atomic E-state index is 0.122. The largest absolute Gasteiger partial charge is 0.480 e. The maximum atomic E-state index is 14.0. The molecule has 1 saturated carbocycles. The van der Waals surface area contributed by atoms with E-state index in [2.05, 4.69) is 25.8 Å². The summed E-state index contributed by atoms with van der Waals surface area (Å²) >= 11 is 0. The Labute approximate surface area is 248 Å². The number of imidazole rings is 1. The number of carboxylic acids is 1. The highest BCUT2D eigenvalue weighted by atomic mass is 19.4. The number of amides is 2. The number of aromatic nitrogens is 5. The number of aliphatic carboxylic acids is 1. The number of alkyl halides is 5. The SMILES string of the molecule is CCn1nccc1C(=O)N[C@H](c1cn2nc(CC3(C(=O)O)CC(CC(F)(F)F)CNC3=O)ccc2n1)C1CCC(F)(F)CC1. The molecule has 2 unspecified atom stereocenters. The van der Waals surface area contributed by atoms with Crippen molar-refractivity contribution < 1.29 is 41.4 Å². The summed E-state index contributed by atoms with van der Waals surface area (Å²) in [4.78, 5) is 42.9. The summed E-state index contributed by atoms with van der Waals surface area (Å²) in [6, 6.07) is 3.73. The number of carboxylic acid groups (broad SMARTS) is 1. The zero-order valence-corrected chi connectivity index (χ0v) is 23.8. The van der Waals surface area contributed by atoms with Gasteiger partial charge in [-0.25, -0.2) is 18.3 Å². The van der Waals surface area contributed by atoms with Crippen LogP contribution in [0.1, 0.15) is 73.4 Å². The van der Waals surface area contributed by atoms with Gasteiger partial charge in [0.05, 0.1) is 23.6 Å². The van der Waals surface area contributed by atoms with Gasteiger partial charge in [-0.2, -0.15) is 23.4 Å². The van der Waals surface area contributed by atoms with E-state index in [-0.39, 0.29) is 49.5 Å². The van der Waals surface area contributed by atoms with Gasteiger partial charge in [0.1, 0.15) is 5.69 Å². The number of carbonyl (C=O) groups is 3. The Bertz CT molecular complexity index is 1540. The monoisotopic (exact) mass is 625 g/mol. The van der Waals surface area contributed by atoms with Crippen LogP contribution >= 0.6 is 0 Å². The van der Waals surface area contributed by atoms with Gasteiger partial charge in [-0.3, -0.25) is 19.1 Å². The Hall–Kier alpha value is -4.11. The zero-order chi connectivity index (χ0) is 31.9. The number of hydrogen-bond acceptors (Lipinski definition) is 6. The first kappa shape index (κ1) is 31.3. The first-order chi connectivity index (χ1) is 20.7. The van der Waals surface area contributed by atoms with Gasteiger partial charge in [0.15, 0.2) is 11.1 Å². The molecule has 2 amide bonds. The van der Waals surface area contributed by atoms with Crippen molar-refractivity contribution in [2.45, 2.75) is 76.6 Å². The third-order valence-electron chi connectivity index (χ3n) is 8.52. The summed E-state index contributed by atoms with van der Waals surface area (Å²) in [7, 11) is 0. The molecule has 0 spiro atoms. The summed E-state index contributed by atoms with van der Waals surface area (Å²) < 4.78 is 70.0. The molecule has 238 valence electrons. The number of hydrogen-bond donors (Lipinski definition) is 3. The molecule has 3 aromatic rings. The second-order valence-corrected chi connectivity index (χ2v) is 11.6. The third-order valence-corrected chi connectivity index (χ3v) is 8.52. The molecule has 0 aromatic carbocycles. The molecule has 16 heteroatoms. The maximum Gasteiger partial charge on any atom is 0.389 e. The van der Waals surface area contributed by atoms with E-state index in [0.717, 1.165) is 0 Å². The lowest BCUT2D eigenvalue weighted by molar-refractivity contribution is -0.167. The molecule has 1 aliphatic carbocycles. The number of rotatable bonds is 9. The molecule has 1 aliphatic heterocycles. The van der Waals surface area contributed by atoms with Crippen molar-refractivity contribution >= 4 is 23.4 Å². The van der Waals surface area contributed by atoms with E-state index < -0.39 is 66.5 Å². The standard InChI is InChI=1S/C28H32F5N7O4/c1-2-39-20(7-10-35-39)23(41)37-22(17-5-8-27(29,30)9-6-17)19-15-40-21(36-19)4-3-18(38-40)13-26(25(43)44)11-16(12-28(31,32)33)14-34-24(26)42/h3-4,7,10,15-17,22H,2,5-6,8-9,11-14H2,1H3,(H,34,42)(H,37,41)(H,43,44)/t16?,22-,26?/m0/s1. The second-order valence-electron chi connectivity index (χ2n) is 11.6. The number of aryl methyl sites for hydroxylation is 1. The van der Waals surface area contributed by atoms with Gasteiger partial charge in [0.2, 0.25) is 11.8 Å². The quantitative estimate of drug-likeness (QED) is 0.241. The Kier molecular flexibility index (Phi) is 8.37. The van der Waals surface area contributed by atoms with Gasteiger partial charge in [-0.15, -0.1) is 0 Å². The van der Waals surface area contributed by atoms with Crippen LogP contribution in [-0.4, -0.2) is 65.9 Å². The summed E-state index contributed by atoms with van der Waals surface area (Å²) in [6.07, 6.45) is -4.21. The van der Waals surface area contributed by atoms with Crippen molar-refractivity contribution in [2.24, 2.45) is 17.3 Å². The smallest absolute Gasteiger partial charge is 0.389 e. The molecule has 2 fully saturated rings. The fourth-order valence-corrected chi connectivity index (χ4v) is 6.26. The van der Waals surface area contributed by atoms with E-state index in [0.29, 0.717) is 17.9 Å². The normalized spacial score (nSPS) is 23.3. The Morgan fingerprint density at radius 1 is 1.20 bits per heavy atom. The fraction of sp³-hybridized carbons (Fsp3) is 0.571. The van der Waals surface area contributed by atoms with Crippen LogP contribution < -0.4 is 10.6 Å².